The number of carbonyl (C=O) groups excluding carboxylic acids is 1. The van der Waals surface area contributed by atoms with E-state index in [1.165, 1.54) is 25.7 Å². The largest absolute Gasteiger partial charge is 0.349 e. The summed E-state index contributed by atoms with van der Waals surface area (Å²) in [6.07, 6.45) is 5.45. The molecule has 2 saturated carbocycles. The Bertz CT molecular complexity index is 534. The fraction of sp³-hybridized carbons (Fsp3) is 0.750. The molecular formula is C16H25N3O. The number of hydrogen-bond donors (Lipinski definition) is 1. The van der Waals surface area contributed by atoms with Crippen LogP contribution in [0, 0.1) is 31.6 Å². The highest BCUT2D eigenvalue weighted by atomic mass is 16.1. The van der Waals surface area contributed by atoms with Gasteiger partial charge >= 0.3 is 0 Å². The molecule has 0 aromatic carbocycles. The van der Waals surface area contributed by atoms with Crippen LogP contribution in [0.5, 0.6) is 0 Å². The molecule has 1 N–H and O–H groups in total. The summed E-state index contributed by atoms with van der Waals surface area (Å²) in [6.45, 7) is 6.03. The lowest BCUT2D eigenvalue weighted by Crippen LogP contribution is -2.40. The second-order valence-electron chi connectivity index (χ2n) is 6.77. The quantitative estimate of drug-likeness (QED) is 0.921. The smallest absolute Gasteiger partial charge is 0.255 e. The molecule has 110 valence electrons. The lowest BCUT2D eigenvalue weighted by atomic mass is 9.84. The number of amides is 1. The van der Waals surface area contributed by atoms with Gasteiger partial charge in [0.2, 0.25) is 0 Å². The van der Waals surface area contributed by atoms with Gasteiger partial charge < -0.3 is 5.32 Å². The minimum Gasteiger partial charge on any atom is -0.349 e. The Morgan fingerprint density at radius 1 is 1.35 bits per heavy atom. The third-order valence-electron chi connectivity index (χ3n) is 5.53. The molecule has 4 nitrogen and oxygen atoms in total. The summed E-state index contributed by atoms with van der Waals surface area (Å²) in [5.74, 6) is 2.48. The van der Waals surface area contributed by atoms with E-state index in [1.54, 1.807) is 4.68 Å². The van der Waals surface area contributed by atoms with Crippen molar-refractivity contribution in [1.82, 2.24) is 15.1 Å². The minimum absolute atomic E-state index is 0.0448. The van der Waals surface area contributed by atoms with E-state index in [4.69, 9.17) is 0 Å². The number of fused-ring (bicyclic) bond motifs is 2. The van der Waals surface area contributed by atoms with E-state index in [0.717, 1.165) is 28.8 Å². The molecule has 4 atom stereocenters. The average molecular weight is 275 g/mol. The topological polar surface area (TPSA) is 46.9 Å². The first kappa shape index (κ1) is 13.7. The van der Waals surface area contributed by atoms with Crippen molar-refractivity contribution in [3.8, 4) is 0 Å². The van der Waals surface area contributed by atoms with E-state index in [9.17, 15) is 4.79 Å². The van der Waals surface area contributed by atoms with Gasteiger partial charge in [-0.15, -0.1) is 0 Å². The first-order valence-electron chi connectivity index (χ1n) is 7.78. The lowest BCUT2D eigenvalue weighted by Gasteiger charge is -2.28. The highest BCUT2D eigenvalue weighted by Crippen LogP contribution is 2.49. The Morgan fingerprint density at radius 2 is 2.10 bits per heavy atom. The molecule has 2 aliphatic rings. The summed E-state index contributed by atoms with van der Waals surface area (Å²) in [7, 11) is 1.89. The van der Waals surface area contributed by atoms with E-state index in [0.29, 0.717) is 5.92 Å². The predicted octanol–water partition coefficient (Wildman–Crippen LogP) is 2.59. The molecule has 1 aromatic rings. The van der Waals surface area contributed by atoms with Gasteiger partial charge in [0.1, 0.15) is 0 Å². The van der Waals surface area contributed by atoms with Crippen molar-refractivity contribution in [3.05, 3.63) is 17.0 Å². The molecule has 1 aromatic heterocycles. The van der Waals surface area contributed by atoms with Gasteiger partial charge in [-0.25, -0.2) is 0 Å². The van der Waals surface area contributed by atoms with Gasteiger partial charge in [0.15, 0.2) is 0 Å². The van der Waals surface area contributed by atoms with Crippen molar-refractivity contribution >= 4 is 5.91 Å². The van der Waals surface area contributed by atoms with E-state index < -0.39 is 0 Å². The van der Waals surface area contributed by atoms with Crippen molar-refractivity contribution in [2.75, 3.05) is 0 Å². The van der Waals surface area contributed by atoms with Crippen LogP contribution >= 0.6 is 0 Å². The number of nitrogens with zero attached hydrogens (tertiary/aromatic N) is 2. The highest BCUT2D eigenvalue weighted by molar-refractivity contribution is 5.96. The van der Waals surface area contributed by atoms with Crippen LogP contribution in [0.25, 0.3) is 0 Å². The summed E-state index contributed by atoms with van der Waals surface area (Å²) in [5, 5.41) is 7.56. The number of hydrogen-bond acceptors (Lipinski definition) is 2. The van der Waals surface area contributed by atoms with Crippen molar-refractivity contribution in [2.24, 2.45) is 24.8 Å². The van der Waals surface area contributed by atoms with Gasteiger partial charge in [0.05, 0.1) is 11.3 Å². The second kappa shape index (κ2) is 4.90. The number of aryl methyl sites for hydroxylation is 2. The van der Waals surface area contributed by atoms with Crippen LogP contribution in [0.1, 0.15) is 54.4 Å². The molecule has 2 fully saturated rings. The Morgan fingerprint density at radius 3 is 2.60 bits per heavy atom. The predicted molar refractivity (Wildman–Crippen MR) is 78.5 cm³/mol. The molecule has 1 heterocycles. The van der Waals surface area contributed by atoms with Crippen molar-refractivity contribution < 1.29 is 4.79 Å². The van der Waals surface area contributed by atoms with Crippen LogP contribution in [0.3, 0.4) is 0 Å². The number of aromatic nitrogens is 2. The SMILES string of the molecule is Cc1nn(C)c(C)c1C(=O)N[C@@H](C)[C@@H]1C[C@H]2CC[C@H]1C2. The molecule has 0 radical (unpaired) electrons. The van der Waals surface area contributed by atoms with Gasteiger partial charge in [-0.3, -0.25) is 9.48 Å². The monoisotopic (exact) mass is 275 g/mol. The van der Waals surface area contributed by atoms with Crippen LogP contribution in [0.15, 0.2) is 0 Å². The van der Waals surface area contributed by atoms with Crippen molar-refractivity contribution in [1.29, 1.82) is 0 Å². The Labute approximate surface area is 120 Å². The molecule has 0 unspecified atom stereocenters. The number of rotatable bonds is 3. The first-order valence-corrected chi connectivity index (χ1v) is 7.78. The summed E-state index contributed by atoms with van der Waals surface area (Å²) in [6, 6.07) is 0.275. The molecule has 2 aliphatic carbocycles. The summed E-state index contributed by atoms with van der Waals surface area (Å²) >= 11 is 0. The first-order chi connectivity index (χ1) is 9.47. The van der Waals surface area contributed by atoms with E-state index in [1.807, 2.05) is 20.9 Å². The van der Waals surface area contributed by atoms with Crippen molar-refractivity contribution in [2.45, 2.75) is 52.5 Å². The maximum Gasteiger partial charge on any atom is 0.255 e. The zero-order valence-electron chi connectivity index (χ0n) is 12.9. The second-order valence-corrected chi connectivity index (χ2v) is 6.77. The van der Waals surface area contributed by atoms with E-state index in [2.05, 4.69) is 17.3 Å². The normalized spacial score (nSPS) is 29.7. The van der Waals surface area contributed by atoms with E-state index >= 15 is 0 Å². The third-order valence-corrected chi connectivity index (χ3v) is 5.53. The Balaban J connectivity index is 1.69. The summed E-state index contributed by atoms with van der Waals surface area (Å²) in [4.78, 5) is 12.5. The third kappa shape index (κ3) is 2.15. The van der Waals surface area contributed by atoms with E-state index in [-0.39, 0.29) is 11.9 Å². The van der Waals surface area contributed by atoms with Crippen LogP contribution in [-0.2, 0) is 7.05 Å². The lowest BCUT2D eigenvalue weighted by molar-refractivity contribution is 0.0914. The maximum atomic E-state index is 12.5. The summed E-state index contributed by atoms with van der Waals surface area (Å²) < 4.78 is 1.78. The molecule has 0 spiro atoms. The Kier molecular flexibility index (Phi) is 3.35. The molecule has 1 amide bonds. The standard InChI is InChI=1S/C16H25N3O/c1-9(14-8-12-5-6-13(14)7-12)17-16(20)15-10(2)18-19(4)11(15)3/h9,12-14H,5-8H2,1-4H3,(H,17,20)/t9-,12-,13-,14-/m0/s1. The van der Waals surface area contributed by atoms with Gasteiger partial charge in [-0.2, -0.15) is 5.10 Å². The van der Waals surface area contributed by atoms with Gasteiger partial charge in [0, 0.05) is 18.8 Å². The molecule has 2 bridgehead atoms. The fourth-order valence-corrected chi connectivity index (χ4v) is 4.39. The number of nitrogens with one attached hydrogen (secondary N) is 1. The molecular weight excluding hydrogens is 250 g/mol. The number of carbonyl (C=O) groups is 1. The minimum atomic E-state index is 0.0448. The fourth-order valence-electron chi connectivity index (χ4n) is 4.39. The molecule has 3 rings (SSSR count). The van der Waals surface area contributed by atoms with Crippen LogP contribution in [0.4, 0.5) is 0 Å². The van der Waals surface area contributed by atoms with Crippen molar-refractivity contribution in [3.63, 3.8) is 0 Å². The zero-order chi connectivity index (χ0) is 14.4. The average Bonchev–Trinajstić information content (AvgIpc) is 3.05. The van der Waals surface area contributed by atoms with Crippen LogP contribution in [-0.4, -0.2) is 21.7 Å². The Hall–Kier alpha value is -1.32. The summed E-state index contributed by atoms with van der Waals surface area (Å²) in [5.41, 5.74) is 2.52. The van der Waals surface area contributed by atoms with Crippen LogP contribution in [0.2, 0.25) is 0 Å². The molecule has 4 heteroatoms. The molecule has 0 aliphatic heterocycles. The van der Waals surface area contributed by atoms with Gasteiger partial charge in [-0.1, -0.05) is 6.42 Å². The van der Waals surface area contributed by atoms with Crippen LogP contribution < -0.4 is 5.32 Å². The maximum absolute atomic E-state index is 12.5. The zero-order valence-corrected chi connectivity index (χ0v) is 12.9. The highest BCUT2D eigenvalue weighted by Gasteiger charge is 2.42. The van der Waals surface area contributed by atoms with Gasteiger partial charge in [0.25, 0.3) is 5.91 Å². The molecule has 0 saturated heterocycles. The van der Waals surface area contributed by atoms with Gasteiger partial charge in [-0.05, 0) is 57.8 Å². The molecule has 20 heavy (non-hydrogen) atoms.